The van der Waals surface area contributed by atoms with Crippen LogP contribution in [0.2, 0.25) is 0 Å². The molecule has 24 heavy (non-hydrogen) atoms. The Bertz CT molecular complexity index is 706. The van der Waals surface area contributed by atoms with Gasteiger partial charge in [0, 0.05) is 30.9 Å². The molecule has 2 aromatic carbocycles. The third kappa shape index (κ3) is 3.65. The number of aliphatic hydroxyl groups is 1. The molecule has 1 aliphatic rings. The highest BCUT2D eigenvalue weighted by molar-refractivity contribution is 5.63. The average molecular weight is 327 g/mol. The lowest BCUT2D eigenvalue weighted by molar-refractivity contribution is -0.384. The zero-order valence-corrected chi connectivity index (χ0v) is 13.4. The van der Waals surface area contributed by atoms with E-state index in [0.29, 0.717) is 11.3 Å². The van der Waals surface area contributed by atoms with Gasteiger partial charge < -0.3 is 15.3 Å². The molecule has 126 valence electrons. The molecule has 0 aromatic heterocycles. The second-order valence-electron chi connectivity index (χ2n) is 6.03. The zero-order valence-electron chi connectivity index (χ0n) is 13.4. The summed E-state index contributed by atoms with van der Waals surface area (Å²) >= 11 is 0. The zero-order chi connectivity index (χ0) is 16.9. The summed E-state index contributed by atoms with van der Waals surface area (Å²) in [6.07, 6.45) is 1.99. The number of aliphatic hydroxyl groups excluding tert-OH is 1. The number of nitro benzene ring substituents is 1. The molecule has 0 amide bonds. The summed E-state index contributed by atoms with van der Waals surface area (Å²) in [4.78, 5) is 13.1. The predicted octanol–water partition coefficient (Wildman–Crippen LogP) is 3.17. The highest BCUT2D eigenvalue weighted by Crippen LogP contribution is 2.28. The largest absolute Gasteiger partial charge is 0.392 e. The number of hydrogen-bond donors (Lipinski definition) is 2. The second kappa shape index (κ2) is 7.31. The molecule has 2 N–H and O–H groups in total. The standard InChI is InChI=1S/C18H21N3O3/c22-13-14-8-9-18(21(23)24)17(11-14)19-15-5-4-10-20(12-15)16-6-2-1-3-7-16/h1-3,6-9,11,15,19,22H,4-5,10,12-13H2. The first-order valence-corrected chi connectivity index (χ1v) is 8.12. The van der Waals surface area contributed by atoms with Crippen LogP contribution in [-0.4, -0.2) is 29.2 Å². The normalized spacial score (nSPS) is 17.5. The van der Waals surface area contributed by atoms with Crippen LogP contribution >= 0.6 is 0 Å². The Morgan fingerprint density at radius 3 is 2.75 bits per heavy atom. The van der Waals surface area contributed by atoms with Gasteiger partial charge in [0.2, 0.25) is 0 Å². The van der Waals surface area contributed by atoms with Crippen LogP contribution in [0.25, 0.3) is 0 Å². The molecule has 0 spiro atoms. The lowest BCUT2D eigenvalue weighted by Gasteiger charge is -2.35. The minimum atomic E-state index is -0.388. The number of hydrogen-bond acceptors (Lipinski definition) is 5. The lowest BCUT2D eigenvalue weighted by atomic mass is 10.0. The van der Waals surface area contributed by atoms with Crippen molar-refractivity contribution in [3.63, 3.8) is 0 Å². The molecule has 0 aliphatic carbocycles. The summed E-state index contributed by atoms with van der Waals surface area (Å²) in [5.41, 5.74) is 2.36. The molecule has 0 radical (unpaired) electrons. The average Bonchev–Trinajstić information content (AvgIpc) is 2.62. The number of nitro groups is 1. The first-order chi connectivity index (χ1) is 11.7. The molecular formula is C18H21N3O3. The molecule has 6 nitrogen and oxygen atoms in total. The number of nitrogens with one attached hydrogen (secondary N) is 1. The Hall–Kier alpha value is -2.60. The van der Waals surface area contributed by atoms with Crippen molar-refractivity contribution < 1.29 is 10.0 Å². The van der Waals surface area contributed by atoms with Crippen molar-refractivity contribution in [3.8, 4) is 0 Å². The Labute approximate surface area is 140 Å². The fourth-order valence-corrected chi connectivity index (χ4v) is 3.14. The summed E-state index contributed by atoms with van der Waals surface area (Å²) in [5.74, 6) is 0. The fourth-order valence-electron chi connectivity index (χ4n) is 3.14. The van der Waals surface area contributed by atoms with Crippen LogP contribution in [-0.2, 0) is 6.61 Å². The third-order valence-electron chi connectivity index (χ3n) is 4.34. The maximum absolute atomic E-state index is 11.2. The topological polar surface area (TPSA) is 78.6 Å². The summed E-state index contributed by atoms with van der Waals surface area (Å²) < 4.78 is 0. The molecule has 3 rings (SSSR count). The Balaban J connectivity index is 1.77. The minimum Gasteiger partial charge on any atom is -0.392 e. The van der Waals surface area contributed by atoms with Gasteiger partial charge in [-0.1, -0.05) is 18.2 Å². The quantitative estimate of drug-likeness (QED) is 0.651. The van der Waals surface area contributed by atoms with E-state index in [1.54, 1.807) is 12.1 Å². The molecule has 1 unspecified atom stereocenters. The van der Waals surface area contributed by atoms with Crippen LogP contribution in [0.4, 0.5) is 17.1 Å². The van der Waals surface area contributed by atoms with Gasteiger partial charge in [-0.15, -0.1) is 0 Å². The van der Waals surface area contributed by atoms with Gasteiger partial charge in [0.15, 0.2) is 0 Å². The summed E-state index contributed by atoms with van der Waals surface area (Å²) in [5, 5.41) is 23.8. The number of rotatable bonds is 5. The van der Waals surface area contributed by atoms with E-state index < -0.39 is 0 Å². The molecule has 1 atom stereocenters. The number of benzene rings is 2. The van der Waals surface area contributed by atoms with Crippen molar-refractivity contribution in [2.24, 2.45) is 0 Å². The smallest absolute Gasteiger partial charge is 0.292 e. The van der Waals surface area contributed by atoms with Gasteiger partial charge >= 0.3 is 0 Å². The second-order valence-corrected chi connectivity index (χ2v) is 6.03. The molecule has 1 saturated heterocycles. The van der Waals surface area contributed by atoms with Crippen molar-refractivity contribution in [2.75, 3.05) is 23.3 Å². The summed E-state index contributed by atoms with van der Waals surface area (Å²) in [7, 11) is 0. The van der Waals surface area contributed by atoms with Crippen LogP contribution in [0.5, 0.6) is 0 Å². The first-order valence-electron chi connectivity index (χ1n) is 8.12. The highest BCUT2D eigenvalue weighted by atomic mass is 16.6. The van der Waals surface area contributed by atoms with Gasteiger partial charge in [-0.2, -0.15) is 0 Å². The van der Waals surface area contributed by atoms with Crippen molar-refractivity contribution >= 4 is 17.1 Å². The van der Waals surface area contributed by atoms with Gasteiger partial charge in [-0.25, -0.2) is 0 Å². The van der Waals surface area contributed by atoms with E-state index in [0.717, 1.165) is 25.9 Å². The Morgan fingerprint density at radius 1 is 1.25 bits per heavy atom. The van der Waals surface area contributed by atoms with E-state index in [9.17, 15) is 15.2 Å². The lowest BCUT2D eigenvalue weighted by Crippen LogP contribution is -2.42. The maximum atomic E-state index is 11.2. The van der Waals surface area contributed by atoms with Crippen LogP contribution in [0.1, 0.15) is 18.4 Å². The summed E-state index contributed by atoms with van der Waals surface area (Å²) in [6.45, 7) is 1.65. The van der Waals surface area contributed by atoms with Crippen LogP contribution in [0.3, 0.4) is 0 Å². The van der Waals surface area contributed by atoms with E-state index in [2.05, 4.69) is 22.3 Å². The molecule has 1 fully saturated rings. The van der Waals surface area contributed by atoms with E-state index in [4.69, 9.17) is 0 Å². The van der Waals surface area contributed by atoms with Crippen molar-refractivity contribution in [2.45, 2.75) is 25.5 Å². The highest BCUT2D eigenvalue weighted by Gasteiger charge is 2.23. The molecule has 0 saturated carbocycles. The van der Waals surface area contributed by atoms with Gasteiger partial charge in [0.1, 0.15) is 5.69 Å². The van der Waals surface area contributed by atoms with Gasteiger partial charge in [-0.05, 0) is 42.7 Å². The SMILES string of the molecule is O=[N+]([O-])c1ccc(CO)cc1NC1CCCN(c2ccccc2)C1. The monoisotopic (exact) mass is 327 g/mol. The fraction of sp³-hybridized carbons (Fsp3) is 0.333. The van der Waals surface area contributed by atoms with Crippen LogP contribution in [0, 0.1) is 10.1 Å². The third-order valence-corrected chi connectivity index (χ3v) is 4.34. The van der Waals surface area contributed by atoms with Crippen LogP contribution < -0.4 is 10.2 Å². The number of nitrogens with zero attached hydrogens (tertiary/aromatic N) is 2. The summed E-state index contributed by atoms with van der Waals surface area (Å²) in [6, 6.07) is 15.0. The molecular weight excluding hydrogens is 306 g/mol. The minimum absolute atomic E-state index is 0.0454. The van der Waals surface area contributed by atoms with Crippen molar-refractivity contribution in [1.29, 1.82) is 0 Å². The van der Waals surface area contributed by atoms with Crippen LogP contribution in [0.15, 0.2) is 48.5 Å². The molecule has 6 heteroatoms. The van der Waals surface area contributed by atoms with E-state index >= 15 is 0 Å². The predicted molar refractivity (Wildman–Crippen MR) is 94.3 cm³/mol. The van der Waals surface area contributed by atoms with Crippen molar-refractivity contribution in [3.05, 3.63) is 64.2 Å². The molecule has 1 heterocycles. The molecule has 1 aliphatic heterocycles. The van der Waals surface area contributed by atoms with E-state index in [1.165, 1.54) is 11.8 Å². The van der Waals surface area contributed by atoms with Gasteiger partial charge in [0.05, 0.1) is 11.5 Å². The van der Waals surface area contributed by atoms with E-state index in [-0.39, 0.29) is 23.3 Å². The number of piperidine rings is 1. The molecule has 0 bridgehead atoms. The van der Waals surface area contributed by atoms with Gasteiger partial charge in [-0.3, -0.25) is 10.1 Å². The van der Waals surface area contributed by atoms with E-state index in [1.807, 2.05) is 18.2 Å². The number of anilines is 2. The Morgan fingerprint density at radius 2 is 2.04 bits per heavy atom. The van der Waals surface area contributed by atoms with Crippen molar-refractivity contribution in [1.82, 2.24) is 0 Å². The number of para-hydroxylation sites is 1. The first kappa shape index (κ1) is 16.3. The molecule has 2 aromatic rings. The Kier molecular flexibility index (Phi) is 4.96. The maximum Gasteiger partial charge on any atom is 0.292 e. The van der Waals surface area contributed by atoms with Gasteiger partial charge in [0.25, 0.3) is 5.69 Å².